The summed E-state index contributed by atoms with van der Waals surface area (Å²) in [5.74, 6) is 0.0644. The first-order valence-electron chi connectivity index (χ1n) is 2.56. The maximum absolute atomic E-state index is 10.2. The molecule has 0 heterocycles. The Kier molecular flexibility index (Phi) is 3.39. The summed E-state index contributed by atoms with van der Waals surface area (Å²) in [5.41, 5.74) is 4.94. The molecule has 0 aromatic rings. The lowest BCUT2D eigenvalue weighted by Gasteiger charge is -1.98. The number of aliphatic hydroxyl groups is 1. The fraction of sp³-hybridized carbons (Fsp3) is 0.800. The topological polar surface area (TPSA) is 63.3 Å². The Morgan fingerprint density at radius 1 is 1.88 bits per heavy atom. The number of nitrogens with two attached hydrogens (primary N) is 1. The Balaban J connectivity index is 3.05. The Labute approximate surface area is 48.5 Å². The maximum atomic E-state index is 10.2. The second-order valence-corrected chi connectivity index (χ2v) is 1.81. The number of aliphatic hydroxyl groups excluding tert-OH is 1. The third-order valence-corrected chi connectivity index (χ3v) is 0.792. The van der Waals surface area contributed by atoms with Crippen molar-refractivity contribution >= 4 is 5.78 Å². The molecular formula is C5H11NO2. The summed E-state index contributed by atoms with van der Waals surface area (Å²) in [4.78, 5) is 10.2. The van der Waals surface area contributed by atoms with Crippen LogP contribution in [0, 0.1) is 0 Å². The van der Waals surface area contributed by atoms with Crippen LogP contribution in [-0.4, -0.2) is 17.1 Å². The molecule has 0 aliphatic heterocycles. The average Bonchev–Trinajstić information content (AvgIpc) is 1.61. The summed E-state index contributed by atoms with van der Waals surface area (Å²) in [6, 6.07) is 0. The number of carbonyl (C=O) groups is 1. The van der Waals surface area contributed by atoms with E-state index in [0.717, 1.165) is 0 Å². The molecule has 0 bridgehead atoms. The van der Waals surface area contributed by atoms with Gasteiger partial charge >= 0.3 is 0 Å². The SMILES string of the molecule is CC(=O)CCC(N)O. The Morgan fingerprint density at radius 2 is 2.38 bits per heavy atom. The lowest BCUT2D eigenvalue weighted by Crippen LogP contribution is -2.19. The zero-order valence-corrected chi connectivity index (χ0v) is 4.92. The van der Waals surface area contributed by atoms with Gasteiger partial charge in [0.1, 0.15) is 12.0 Å². The van der Waals surface area contributed by atoms with Crippen LogP contribution < -0.4 is 5.73 Å². The van der Waals surface area contributed by atoms with Crippen molar-refractivity contribution in [2.45, 2.75) is 26.0 Å². The second-order valence-electron chi connectivity index (χ2n) is 1.81. The van der Waals surface area contributed by atoms with E-state index in [2.05, 4.69) is 0 Å². The first-order chi connectivity index (χ1) is 3.63. The monoisotopic (exact) mass is 117 g/mol. The summed E-state index contributed by atoms with van der Waals surface area (Å²) in [7, 11) is 0. The third kappa shape index (κ3) is 5.59. The second kappa shape index (κ2) is 3.57. The molecule has 0 aromatic carbocycles. The minimum atomic E-state index is -0.834. The van der Waals surface area contributed by atoms with Gasteiger partial charge in [0.15, 0.2) is 0 Å². The van der Waals surface area contributed by atoms with Gasteiger partial charge in [-0.05, 0) is 13.3 Å². The van der Waals surface area contributed by atoms with Gasteiger partial charge in [0.25, 0.3) is 0 Å². The molecule has 0 aliphatic carbocycles. The van der Waals surface area contributed by atoms with Crippen LogP contribution in [-0.2, 0) is 4.79 Å². The van der Waals surface area contributed by atoms with Gasteiger partial charge in [-0.25, -0.2) is 0 Å². The predicted molar refractivity (Wildman–Crippen MR) is 30.1 cm³/mol. The van der Waals surface area contributed by atoms with Crippen LogP contribution in [0.2, 0.25) is 0 Å². The molecule has 0 fully saturated rings. The van der Waals surface area contributed by atoms with Gasteiger partial charge in [-0.1, -0.05) is 0 Å². The van der Waals surface area contributed by atoms with E-state index in [4.69, 9.17) is 10.8 Å². The molecule has 8 heavy (non-hydrogen) atoms. The fourth-order valence-corrected chi connectivity index (χ4v) is 0.351. The van der Waals surface area contributed by atoms with Gasteiger partial charge in [-0.3, -0.25) is 0 Å². The van der Waals surface area contributed by atoms with Crippen molar-refractivity contribution in [3.63, 3.8) is 0 Å². The molecule has 0 rings (SSSR count). The van der Waals surface area contributed by atoms with Gasteiger partial charge in [-0.2, -0.15) is 0 Å². The van der Waals surface area contributed by atoms with E-state index in [1.54, 1.807) is 0 Å². The molecule has 0 aliphatic rings. The quantitative estimate of drug-likeness (QED) is 0.496. The highest BCUT2D eigenvalue weighted by Gasteiger charge is 1.96. The van der Waals surface area contributed by atoms with E-state index >= 15 is 0 Å². The lowest BCUT2D eigenvalue weighted by atomic mass is 10.2. The number of rotatable bonds is 3. The third-order valence-electron chi connectivity index (χ3n) is 0.792. The molecule has 3 nitrogen and oxygen atoms in total. The molecule has 0 amide bonds. The molecule has 48 valence electrons. The molecule has 3 heteroatoms. The predicted octanol–water partition coefficient (Wildman–Crippen LogP) is -0.367. The number of hydrogen-bond acceptors (Lipinski definition) is 3. The molecule has 0 saturated carbocycles. The van der Waals surface area contributed by atoms with Crippen molar-refractivity contribution in [3.05, 3.63) is 0 Å². The maximum Gasteiger partial charge on any atom is 0.129 e. The summed E-state index contributed by atoms with van der Waals surface area (Å²) in [6.45, 7) is 1.47. The van der Waals surface area contributed by atoms with Crippen molar-refractivity contribution in [1.82, 2.24) is 0 Å². The molecule has 1 unspecified atom stereocenters. The van der Waals surface area contributed by atoms with Crippen LogP contribution in [0.25, 0.3) is 0 Å². The highest BCUT2D eigenvalue weighted by Crippen LogP contribution is 1.90. The highest BCUT2D eigenvalue weighted by atomic mass is 16.3. The van der Waals surface area contributed by atoms with Crippen molar-refractivity contribution in [1.29, 1.82) is 0 Å². The lowest BCUT2D eigenvalue weighted by molar-refractivity contribution is -0.117. The molecule has 0 aromatic heterocycles. The average molecular weight is 117 g/mol. The summed E-state index contributed by atoms with van der Waals surface area (Å²) < 4.78 is 0. The Morgan fingerprint density at radius 3 is 2.50 bits per heavy atom. The first-order valence-corrected chi connectivity index (χ1v) is 2.56. The van der Waals surface area contributed by atoms with Gasteiger partial charge in [0.05, 0.1) is 0 Å². The summed E-state index contributed by atoms with van der Waals surface area (Å²) >= 11 is 0. The standard InChI is InChI=1S/C5H11NO2/c1-4(7)2-3-5(6)8/h5,8H,2-3,6H2,1H3. The number of ketones is 1. The van der Waals surface area contributed by atoms with Crippen molar-refractivity contribution in [2.75, 3.05) is 0 Å². The summed E-state index contributed by atoms with van der Waals surface area (Å²) in [5, 5.41) is 8.43. The van der Waals surface area contributed by atoms with E-state index in [-0.39, 0.29) is 5.78 Å². The van der Waals surface area contributed by atoms with E-state index in [1.807, 2.05) is 0 Å². The van der Waals surface area contributed by atoms with Crippen LogP contribution >= 0.6 is 0 Å². The smallest absolute Gasteiger partial charge is 0.129 e. The first kappa shape index (κ1) is 7.59. The van der Waals surface area contributed by atoms with E-state index in [1.165, 1.54) is 6.92 Å². The normalized spacial score (nSPS) is 13.4. The van der Waals surface area contributed by atoms with E-state index in [0.29, 0.717) is 12.8 Å². The zero-order valence-electron chi connectivity index (χ0n) is 4.92. The van der Waals surface area contributed by atoms with E-state index in [9.17, 15) is 4.79 Å². The van der Waals surface area contributed by atoms with Crippen LogP contribution in [0.1, 0.15) is 19.8 Å². The van der Waals surface area contributed by atoms with E-state index < -0.39 is 6.23 Å². The molecule has 0 saturated heterocycles. The van der Waals surface area contributed by atoms with Gasteiger partial charge < -0.3 is 15.6 Å². The Bertz CT molecular complexity index is 80.5. The Hall–Kier alpha value is -0.410. The van der Waals surface area contributed by atoms with Crippen molar-refractivity contribution in [3.8, 4) is 0 Å². The highest BCUT2D eigenvalue weighted by molar-refractivity contribution is 5.75. The molecule has 1 atom stereocenters. The number of Topliss-reactive ketones (excluding diaryl/α,β-unsaturated/α-hetero) is 1. The minimum absolute atomic E-state index is 0.0644. The molecule has 3 N–H and O–H groups in total. The molecular weight excluding hydrogens is 106 g/mol. The molecule has 0 radical (unpaired) electrons. The largest absolute Gasteiger partial charge is 0.379 e. The van der Waals surface area contributed by atoms with Crippen LogP contribution in [0.3, 0.4) is 0 Å². The van der Waals surface area contributed by atoms with Crippen molar-refractivity contribution < 1.29 is 9.90 Å². The number of carbonyl (C=O) groups excluding carboxylic acids is 1. The summed E-state index contributed by atoms with van der Waals surface area (Å²) in [6.07, 6.45) is -0.0913. The van der Waals surface area contributed by atoms with Gasteiger partial charge in [0, 0.05) is 6.42 Å². The number of hydrogen-bond donors (Lipinski definition) is 2. The zero-order chi connectivity index (χ0) is 6.57. The fourth-order valence-electron chi connectivity index (χ4n) is 0.351. The van der Waals surface area contributed by atoms with Crippen LogP contribution in [0.5, 0.6) is 0 Å². The van der Waals surface area contributed by atoms with Gasteiger partial charge in [-0.15, -0.1) is 0 Å². The van der Waals surface area contributed by atoms with Gasteiger partial charge in [0.2, 0.25) is 0 Å². The van der Waals surface area contributed by atoms with Crippen LogP contribution in [0.4, 0.5) is 0 Å². The van der Waals surface area contributed by atoms with Crippen molar-refractivity contribution in [2.24, 2.45) is 5.73 Å². The molecule has 0 spiro atoms. The minimum Gasteiger partial charge on any atom is -0.379 e. The van der Waals surface area contributed by atoms with Crippen LogP contribution in [0.15, 0.2) is 0 Å².